The number of benzene rings is 1. The van der Waals surface area contributed by atoms with E-state index in [0.29, 0.717) is 5.69 Å². The zero-order valence-electron chi connectivity index (χ0n) is 9.93. The largest absolute Gasteiger partial charge is 0.478 e. The lowest BCUT2D eigenvalue weighted by Crippen LogP contribution is -2.55. The van der Waals surface area contributed by atoms with Crippen LogP contribution in [0.25, 0.3) is 0 Å². The Morgan fingerprint density at radius 3 is 2.37 bits per heavy atom. The van der Waals surface area contributed by atoms with E-state index in [1.54, 1.807) is 0 Å². The van der Waals surface area contributed by atoms with Gasteiger partial charge in [-0.3, -0.25) is 0 Å². The summed E-state index contributed by atoms with van der Waals surface area (Å²) in [5.74, 6) is -1.03. The highest BCUT2D eigenvalue weighted by Gasteiger charge is 2.37. The molecule has 19 heavy (non-hydrogen) atoms. The minimum atomic E-state index is -1.29. The van der Waals surface area contributed by atoms with Crippen molar-refractivity contribution in [2.45, 2.75) is 24.5 Å². The number of aromatic carboxylic acids is 1. The molecule has 4 atom stereocenters. The second-order valence-corrected chi connectivity index (χ2v) is 4.33. The van der Waals surface area contributed by atoms with Gasteiger partial charge in [0.2, 0.25) is 0 Å². The van der Waals surface area contributed by atoms with Crippen LogP contribution in [0, 0.1) is 0 Å². The van der Waals surface area contributed by atoms with E-state index < -0.39 is 30.5 Å². The minimum absolute atomic E-state index is 0.0941. The lowest BCUT2D eigenvalue weighted by atomic mass is 10.0. The number of carbonyl (C=O) groups is 1. The average molecular weight is 269 g/mol. The van der Waals surface area contributed by atoms with Crippen LogP contribution in [0.3, 0.4) is 0 Å². The van der Waals surface area contributed by atoms with Crippen LogP contribution in [-0.2, 0) is 4.74 Å². The van der Waals surface area contributed by atoms with E-state index >= 15 is 0 Å². The molecule has 0 unspecified atom stereocenters. The summed E-state index contributed by atoms with van der Waals surface area (Å²) in [5.41, 5.74) is 0.684. The third-order valence-electron chi connectivity index (χ3n) is 2.94. The molecular weight excluding hydrogens is 254 g/mol. The Morgan fingerprint density at radius 2 is 1.79 bits per heavy atom. The summed E-state index contributed by atoms with van der Waals surface area (Å²) in [5, 5.41) is 40.1. The lowest BCUT2D eigenvalue weighted by Gasteiger charge is -2.35. The van der Waals surface area contributed by atoms with E-state index in [1.165, 1.54) is 24.3 Å². The van der Waals surface area contributed by atoms with Crippen LogP contribution in [0.5, 0.6) is 0 Å². The van der Waals surface area contributed by atoms with Gasteiger partial charge in [0.15, 0.2) is 6.23 Å². The Kier molecular flexibility index (Phi) is 4.01. The number of hydrogen-bond donors (Lipinski definition) is 5. The number of anilines is 1. The van der Waals surface area contributed by atoms with E-state index in [9.17, 15) is 20.1 Å². The van der Waals surface area contributed by atoms with Crippen molar-refractivity contribution >= 4 is 11.7 Å². The molecular formula is C12H15NO6. The summed E-state index contributed by atoms with van der Waals surface area (Å²) in [6.45, 7) is -0.0941. The van der Waals surface area contributed by atoms with Crippen LogP contribution < -0.4 is 5.32 Å². The second-order valence-electron chi connectivity index (χ2n) is 4.33. The monoisotopic (exact) mass is 269 g/mol. The molecule has 0 aliphatic carbocycles. The number of nitrogens with one attached hydrogen (secondary N) is 1. The molecule has 0 bridgehead atoms. The number of aliphatic hydroxyl groups is 3. The first-order valence-electron chi connectivity index (χ1n) is 5.74. The molecule has 5 N–H and O–H groups in total. The van der Waals surface area contributed by atoms with Gasteiger partial charge in [0, 0.05) is 5.69 Å². The Morgan fingerprint density at radius 1 is 1.16 bits per heavy atom. The van der Waals surface area contributed by atoms with Crippen molar-refractivity contribution in [1.29, 1.82) is 0 Å². The summed E-state index contributed by atoms with van der Waals surface area (Å²) in [6.07, 6.45) is -4.55. The molecule has 1 heterocycles. The molecule has 2 rings (SSSR count). The van der Waals surface area contributed by atoms with Gasteiger partial charge in [0.05, 0.1) is 12.2 Å². The lowest BCUT2D eigenvalue weighted by molar-refractivity contribution is -0.178. The third-order valence-corrected chi connectivity index (χ3v) is 2.94. The zero-order valence-corrected chi connectivity index (χ0v) is 9.93. The number of hydrogen-bond acceptors (Lipinski definition) is 6. The number of carboxylic acid groups (broad SMARTS) is 1. The Balaban J connectivity index is 2.03. The average Bonchev–Trinajstić information content (AvgIpc) is 2.40. The van der Waals surface area contributed by atoms with Crippen molar-refractivity contribution < 1.29 is 30.0 Å². The van der Waals surface area contributed by atoms with E-state index in [1.807, 2.05) is 0 Å². The molecule has 1 aromatic rings. The van der Waals surface area contributed by atoms with Gasteiger partial charge in [-0.2, -0.15) is 0 Å². The Hall–Kier alpha value is -1.67. The first-order chi connectivity index (χ1) is 8.99. The van der Waals surface area contributed by atoms with Crippen LogP contribution in [0.2, 0.25) is 0 Å². The molecule has 0 amide bonds. The molecule has 1 fully saturated rings. The van der Waals surface area contributed by atoms with Crippen LogP contribution >= 0.6 is 0 Å². The molecule has 7 nitrogen and oxygen atoms in total. The van der Waals surface area contributed by atoms with Gasteiger partial charge in [-0.25, -0.2) is 4.79 Å². The van der Waals surface area contributed by atoms with Gasteiger partial charge in [0.1, 0.15) is 18.3 Å². The fraction of sp³-hybridized carbons (Fsp3) is 0.417. The highest BCUT2D eigenvalue weighted by molar-refractivity contribution is 5.87. The maximum absolute atomic E-state index is 10.7. The predicted molar refractivity (Wildman–Crippen MR) is 64.8 cm³/mol. The van der Waals surface area contributed by atoms with E-state index in [4.69, 9.17) is 9.84 Å². The molecule has 0 spiro atoms. The van der Waals surface area contributed by atoms with E-state index in [-0.39, 0.29) is 12.2 Å². The molecule has 0 radical (unpaired) electrons. The van der Waals surface area contributed by atoms with Crippen molar-refractivity contribution in [3.05, 3.63) is 29.8 Å². The Labute approximate surface area is 109 Å². The first kappa shape index (κ1) is 13.8. The topological polar surface area (TPSA) is 119 Å². The maximum atomic E-state index is 10.7. The minimum Gasteiger partial charge on any atom is -0.478 e. The van der Waals surface area contributed by atoms with Gasteiger partial charge in [0.25, 0.3) is 0 Å². The molecule has 0 saturated carbocycles. The molecule has 1 aromatic carbocycles. The highest BCUT2D eigenvalue weighted by atomic mass is 16.5. The van der Waals surface area contributed by atoms with Crippen LogP contribution in [-0.4, -0.2) is 57.5 Å². The van der Waals surface area contributed by atoms with E-state index in [2.05, 4.69) is 5.32 Å². The SMILES string of the molecule is O=C(O)c1ccc(N[C@@H]2OC[C@H](O)[C@@H](O)[C@@H]2O)cc1. The van der Waals surface area contributed by atoms with Gasteiger partial charge in [-0.05, 0) is 24.3 Å². The summed E-state index contributed by atoms with van der Waals surface area (Å²) in [7, 11) is 0. The van der Waals surface area contributed by atoms with Crippen LogP contribution in [0.15, 0.2) is 24.3 Å². The van der Waals surface area contributed by atoms with E-state index in [0.717, 1.165) is 0 Å². The summed E-state index contributed by atoms with van der Waals surface area (Å²) < 4.78 is 5.17. The smallest absolute Gasteiger partial charge is 0.335 e. The van der Waals surface area contributed by atoms with Crippen molar-refractivity contribution in [2.75, 3.05) is 11.9 Å². The standard InChI is InChI=1S/C12H15NO6/c14-8-5-19-11(10(16)9(8)15)13-7-3-1-6(2-4-7)12(17)18/h1-4,8-11,13-16H,5H2,(H,17,18)/t8-,9+,10-,11+/m0/s1. The van der Waals surface area contributed by atoms with Crippen molar-refractivity contribution in [2.24, 2.45) is 0 Å². The fourth-order valence-corrected chi connectivity index (χ4v) is 1.81. The third kappa shape index (κ3) is 3.02. The summed E-state index contributed by atoms with van der Waals surface area (Å²) in [4.78, 5) is 10.7. The maximum Gasteiger partial charge on any atom is 0.335 e. The van der Waals surface area contributed by atoms with Gasteiger partial charge in [-0.15, -0.1) is 0 Å². The molecule has 0 aromatic heterocycles. The van der Waals surface area contributed by atoms with Crippen molar-refractivity contribution in [3.63, 3.8) is 0 Å². The predicted octanol–water partition coefficient (Wildman–Crippen LogP) is -0.764. The fourth-order valence-electron chi connectivity index (χ4n) is 1.81. The quantitative estimate of drug-likeness (QED) is 0.489. The van der Waals surface area contributed by atoms with Crippen molar-refractivity contribution in [1.82, 2.24) is 0 Å². The molecule has 104 valence electrons. The number of rotatable bonds is 3. The van der Waals surface area contributed by atoms with Gasteiger partial charge >= 0.3 is 5.97 Å². The van der Waals surface area contributed by atoms with Gasteiger partial charge < -0.3 is 30.5 Å². The van der Waals surface area contributed by atoms with Gasteiger partial charge in [-0.1, -0.05) is 0 Å². The van der Waals surface area contributed by atoms with Crippen LogP contribution in [0.1, 0.15) is 10.4 Å². The van der Waals surface area contributed by atoms with Crippen molar-refractivity contribution in [3.8, 4) is 0 Å². The molecule has 7 heteroatoms. The molecule has 1 saturated heterocycles. The highest BCUT2D eigenvalue weighted by Crippen LogP contribution is 2.19. The summed E-state index contributed by atoms with van der Waals surface area (Å²) in [6, 6.07) is 5.87. The van der Waals surface area contributed by atoms with Crippen LogP contribution in [0.4, 0.5) is 5.69 Å². The zero-order chi connectivity index (χ0) is 14.0. The second kappa shape index (κ2) is 5.54. The molecule has 1 aliphatic rings. The number of carboxylic acids is 1. The Bertz CT molecular complexity index is 448. The first-order valence-corrected chi connectivity index (χ1v) is 5.74. The number of aliphatic hydroxyl groups excluding tert-OH is 3. The summed E-state index contributed by atoms with van der Waals surface area (Å²) >= 11 is 0. The molecule has 1 aliphatic heterocycles. The number of ether oxygens (including phenoxy) is 1. The normalized spacial score (nSPS) is 30.9.